The Morgan fingerprint density at radius 3 is 2.16 bits per heavy atom. The Balaban J connectivity index is 1.43. The Morgan fingerprint density at radius 2 is 1.56 bits per heavy atom. The minimum absolute atomic E-state index is 0.0589. The first-order chi connectivity index (χ1) is 21.1. The summed E-state index contributed by atoms with van der Waals surface area (Å²) in [6, 6.07) is 5.31. The largest absolute Gasteiger partial charge is 0.507 e. The van der Waals surface area contributed by atoms with E-state index >= 15 is 0 Å². The fourth-order valence-corrected chi connectivity index (χ4v) is 6.24. The van der Waals surface area contributed by atoms with Crippen molar-refractivity contribution in [3.05, 3.63) is 57.6 Å². The van der Waals surface area contributed by atoms with Crippen LogP contribution in [0.3, 0.4) is 0 Å². The number of rotatable bonds is 8. The second-order valence-corrected chi connectivity index (χ2v) is 11.8. The van der Waals surface area contributed by atoms with E-state index in [1.54, 1.807) is 6.92 Å². The number of phenolic OH excluding ortho intramolecular Hbond substituents is 2. The highest BCUT2D eigenvalue weighted by Crippen LogP contribution is 2.45. The molecule has 0 spiro atoms. The molecule has 2 fully saturated rings. The summed E-state index contributed by atoms with van der Waals surface area (Å²) in [6.07, 6.45) is -6.82. The van der Waals surface area contributed by atoms with Crippen LogP contribution in [0, 0.1) is 0 Å². The Kier molecular flexibility index (Phi) is 8.44. The number of carboxylic acids is 2. The van der Waals surface area contributed by atoms with Crippen LogP contribution in [0.5, 0.6) is 11.5 Å². The lowest BCUT2D eigenvalue weighted by molar-refractivity contribution is -0.328. The Bertz CT molecular complexity index is 1590. The maximum atomic E-state index is 13.6. The van der Waals surface area contributed by atoms with Gasteiger partial charge in [0.05, 0.1) is 47.9 Å². The Hall–Kier alpha value is -4.37. The van der Waals surface area contributed by atoms with Gasteiger partial charge in [-0.1, -0.05) is 12.1 Å². The van der Waals surface area contributed by atoms with Gasteiger partial charge in [-0.2, -0.15) is 0 Å². The fraction of sp³-hybridized carbons (Fsp3) is 0.452. The highest BCUT2D eigenvalue weighted by atomic mass is 16.7. The van der Waals surface area contributed by atoms with Gasteiger partial charge in [-0.15, -0.1) is 0 Å². The molecular weight excluding hydrogens is 596 g/mol. The highest BCUT2D eigenvalue weighted by Gasteiger charge is 2.49. The first-order valence-corrected chi connectivity index (χ1v) is 14.2. The standard InChI is InChI=1S/C31H32O14/c1-12-29-19(44-20(9-21(33)34)30(45-29)43-13(2)32)8-18(42-12)15-6-7-17-24(26(15)38)28(40)16-5-4-14(25(37)23(16)27(17)39)10-31(3,41)11-22(35)36/h4-7,12,18-20,29-30,37-38,41H,8-11H2,1-3H3,(H,33,34)(H,35,36). The summed E-state index contributed by atoms with van der Waals surface area (Å²) in [6.45, 7) is 4.08. The van der Waals surface area contributed by atoms with Crippen LogP contribution in [-0.2, 0) is 39.8 Å². The quantitative estimate of drug-likeness (QED) is 0.225. The van der Waals surface area contributed by atoms with Crippen LogP contribution >= 0.6 is 0 Å². The highest BCUT2D eigenvalue weighted by molar-refractivity contribution is 6.30. The van der Waals surface area contributed by atoms with Crippen LogP contribution < -0.4 is 0 Å². The van der Waals surface area contributed by atoms with Crippen molar-refractivity contribution < 1.29 is 68.5 Å². The summed E-state index contributed by atoms with van der Waals surface area (Å²) < 4.78 is 23.1. The van der Waals surface area contributed by atoms with Crippen LogP contribution in [0.25, 0.3) is 0 Å². The van der Waals surface area contributed by atoms with E-state index < -0.39 is 96.2 Å². The summed E-state index contributed by atoms with van der Waals surface area (Å²) in [7, 11) is 0. The molecule has 2 aliphatic heterocycles. The molecule has 14 heteroatoms. The minimum atomic E-state index is -1.75. The van der Waals surface area contributed by atoms with Crippen molar-refractivity contribution in [2.24, 2.45) is 0 Å². The summed E-state index contributed by atoms with van der Waals surface area (Å²) in [5.41, 5.74) is -2.51. The molecule has 0 amide bonds. The Labute approximate surface area is 256 Å². The molecule has 1 aliphatic carbocycles. The second kappa shape index (κ2) is 11.9. The van der Waals surface area contributed by atoms with Gasteiger partial charge in [-0.25, -0.2) is 0 Å². The van der Waals surface area contributed by atoms with Crippen LogP contribution in [0.4, 0.5) is 0 Å². The third-order valence-electron chi connectivity index (χ3n) is 8.12. The number of ketones is 2. The van der Waals surface area contributed by atoms with Crippen molar-refractivity contribution in [3.8, 4) is 11.5 Å². The number of esters is 1. The number of phenols is 2. The molecule has 3 aliphatic rings. The summed E-state index contributed by atoms with van der Waals surface area (Å²) in [5, 5.41) is 51.2. The monoisotopic (exact) mass is 628 g/mol. The number of ether oxygens (including phenoxy) is 4. The van der Waals surface area contributed by atoms with Gasteiger partial charge >= 0.3 is 17.9 Å². The van der Waals surface area contributed by atoms with Crippen molar-refractivity contribution in [1.29, 1.82) is 0 Å². The first-order valence-electron chi connectivity index (χ1n) is 14.2. The molecule has 7 atom stereocenters. The van der Waals surface area contributed by atoms with Crippen molar-refractivity contribution in [1.82, 2.24) is 0 Å². The van der Waals surface area contributed by atoms with Crippen molar-refractivity contribution in [2.45, 2.75) is 88.9 Å². The van der Waals surface area contributed by atoms with Crippen molar-refractivity contribution in [2.75, 3.05) is 0 Å². The first kappa shape index (κ1) is 32.0. The van der Waals surface area contributed by atoms with E-state index in [-0.39, 0.29) is 46.2 Å². The van der Waals surface area contributed by atoms with Crippen LogP contribution in [0.2, 0.25) is 0 Å². The number of hydrogen-bond donors (Lipinski definition) is 5. The van der Waals surface area contributed by atoms with E-state index in [9.17, 15) is 44.4 Å². The van der Waals surface area contributed by atoms with Gasteiger partial charge in [0.15, 0.2) is 11.6 Å². The van der Waals surface area contributed by atoms with Crippen LogP contribution in [0.1, 0.15) is 89.1 Å². The molecular formula is C31H32O14. The van der Waals surface area contributed by atoms with Gasteiger partial charge in [-0.3, -0.25) is 24.0 Å². The third-order valence-corrected chi connectivity index (χ3v) is 8.12. The number of carbonyl (C=O) groups excluding carboxylic acids is 3. The SMILES string of the molecule is CC(=O)OC1OC2C(C)OC(c3ccc4c(c3O)C(=O)c3ccc(CC(C)(O)CC(=O)O)c(O)c3C4=O)CC2OC1CC(=O)O. The number of carboxylic acid groups (broad SMARTS) is 2. The van der Waals surface area contributed by atoms with Gasteiger partial charge < -0.3 is 44.5 Å². The summed E-state index contributed by atoms with van der Waals surface area (Å²) in [4.78, 5) is 61.3. The van der Waals surface area contributed by atoms with E-state index in [4.69, 9.17) is 24.1 Å². The molecule has 2 saturated heterocycles. The van der Waals surface area contributed by atoms with Gasteiger partial charge in [0.1, 0.15) is 23.7 Å². The zero-order chi connectivity index (χ0) is 33.0. The lowest BCUT2D eigenvalue weighted by Crippen LogP contribution is -2.57. The molecule has 2 heterocycles. The zero-order valence-electron chi connectivity index (χ0n) is 24.5. The molecule has 5 rings (SSSR count). The maximum absolute atomic E-state index is 13.6. The second-order valence-electron chi connectivity index (χ2n) is 11.8. The number of aromatic hydroxyl groups is 2. The molecule has 7 unspecified atom stereocenters. The van der Waals surface area contributed by atoms with Crippen LogP contribution in [0.15, 0.2) is 24.3 Å². The molecule has 0 radical (unpaired) electrons. The van der Waals surface area contributed by atoms with E-state index in [1.807, 2.05) is 0 Å². The molecule has 5 N–H and O–H groups in total. The maximum Gasteiger partial charge on any atom is 0.306 e. The third kappa shape index (κ3) is 6.14. The molecule has 2 aromatic carbocycles. The predicted octanol–water partition coefficient (Wildman–Crippen LogP) is 2.01. The van der Waals surface area contributed by atoms with Gasteiger partial charge in [0.2, 0.25) is 6.29 Å². The minimum Gasteiger partial charge on any atom is -0.507 e. The average molecular weight is 629 g/mol. The normalized spacial score (nSPS) is 27.0. The lowest BCUT2D eigenvalue weighted by Gasteiger charge is -2.47. The molecule has 14 nitrogen and oxygen atoms in total. The van der Waals surface area contributed by atoms with E-state index in [1.165, 1.54) is 31.2 Å². The molecule has 2 aromatic rings. The number of aliphatic carboxylic acids is 2. The van der Waals surface area contributed by atoms with Gasteiger partial charge in [0.25, 0.3) is 0 Å². The number of benzene rings is 2. The number of hydrogen-bond acceptors (Lipinski definition) is 12. The molecule has 0 aromatic heterocycles. The van der Waals surface area contributed by atoms with Crippen LogP contribution in [-0.4, -0.2) is 91.3 Å². The van der Waals surface area contributed by atoms with Crippen molar-refractivity contribution in [3.63, 3.8) is 0 Å². The summed E-state index contributed by atoms with van der Waals surface area (Å²) >= 11 is 0. The Morgan fingerprint density at radius 1 is 0.933 bits per heavy atom. The number of fused-ring (bicyclic) bond motifs is 3. The van der Waals surface area contributed by atoms with E-state index in [0.717, 1.165) is 6.92 Å². The van der Waals surface area contributed by atoms with E-state index in [0.29, 0.717) is 0 Å². The molecule has 45 heavy (non-hydrogen) atoms. The lowest BCUT2D eigenvalue weighted by atomic mass is 9.79. The predicted molar refractivity (Wildman–Crippen MR) is 149 cm³/mol. The zero-order valence-corrected chi connectivity index (χ0v) is 24.5. The molecule has 240 valence electrons. The molecule has 0 saturated carbocycles. The number of aliphatic hydroxyl groups is 1. The fourth-order valence-electron chi connectivity index (χ4n) is 6.24. The smallest absolute Gasteiger partial charge is 0.306 e. The number of carbonyl (C=O) groups is 5. The topological polar surface area (TPSA) is 223 Å². The summed E-state index contributed by atoms with van der Waals surface area (Å²) in [5.74, 6) is -5.74. The van der Waals surface area contributed by atoms with Crippen molar-refractivity contribution >= 4 is 29.5 Å². The average Bonchev–Trinajstić information content (AvgIpc) is 2.91. The van der Waals surface area contributed by atoms with Gasteiger partial charge in [0, 0.05) is 36.5 Å². The molecule has 0 bridgehead atoms. The van der Waals surface area contributed by atoms with E-state index in [2.05, 4.69) is 0 Å². The van der Waals surface area contributed by atoms with Gasteiger partial charge in [-0.05, 0) is 31.5 Å².